The highest BCUT2D eigenvalue weighted by atomic mass is 35.5. The molecular formula is C41H65ClN8O10. The minimum atomic E-state index is -1.58. The van der Waals surface area contributed by atoms with E-state index in [0.717, 1.165) is 6.42 Å². The Morgan fingerprint density at radius 1 is 0.650 bits per heavy atom. The summed E-state index contributed by atoms with van der Waals surface area (Å²) in [6.45, 7) is 8.02. The number of carbonyl (C=O) groups excluding carboxylic acids is 7. The lowest BCUT2D eigenvalue weighted by molar-refractivity contribution is -0.136. The van der Waals surface area contributed by atoms with Gasteiger partial charge in [-0.3, -0.25) is 28.8 Å². The van der Waals surface area contributed by atoms with Crippen molar-refractivity contribution in [2.75, 3.05) is 41.3 Å². The van der Waals surface area contributed by atoms with Crippen molar-refractivity contribution < 1.29 is 48.5 Å². The molecular weight excluding hydrogens is 800 g/mol. The Hall–Kier alpha value is -5.30. The van der Waals surface area contributed by atoms with Gasteiger partial charge in [0, 0.05) is 34.2 Å². The predicted molar refractivity (Wildman–Crippen MR) is 228 cm³/mol. The molecule has 0 heterocycles. The maximum Gasteiger partial charge on any atom is 0.407 e. The zero-order valence-electron chi connectivity index (χ0n) is 36.0. The molecule has 6 atom stereocenters. The Morgan fingerprint density at radius 3 is 1.38 bits per heavy atom. The quantitative estimate of drug-likeness (QED) is 0.0991. The van der Waals surface area contributed by atoms with Gasteiger partial charge in [-0.25, -0.2) is 4.79 Å². The number of hydrogen-bond acceptors (Lipinski definition) is 11. The molecule has 0 fully saturated rings. The Balaban J connectivity index is 0.00000117. The molecule has 2 aromatic carbocycles. The van der Waals surface area contributed by atoms with Crippen molar-refractivity contribution in [3.63, 3.8) is 0 Å². The highest BCUT2D eigenvalue weighted by Crippen LogP contribution is 2.16. The van der Waals surface area contributed by atoms with E-state index in [0.29, 0.717) is 30.4 Å². The van der Waals surface area contributed by atoms with Gasteiger partial charge in [-0.1, -0.05) is 87.4 Å². The Morgan fingerprint density at radius 2 is 1.03 bits per heavy atom. The molecule has 0 aromatic heterocycles. The standard InChI is InChI=1S/C23H36N4O6.C18H28N4O4.ClH/c1-7-11-16(25-22(32)33-23(2,3)4)19(29)20(30)24-14-17(28)26-18(21(31)27(5)6)15-12-9-8-10-13-15;1-4-8-13(19)16(24)17(25)20-11-14(23)21-15(18(26)22(2)3)12-9-6-5-7-10-12;/h8-10,12-13,16,18-19,29H,7,11,14H2,1-6H3,(H,24,30)(H,25,32)(H,26,28);5-7,9-10,13,15-16,24H,4,8,11,19H2,1-3H3,(H,20,25)(H,21,23);1H/t16?,18-,19?;13?,15-,16?;/m00./s1. The van der Waals surface area contributed by atoms with Crippen LogP contribution in [0.3, 0.4) is 0 Å². The Bertz CT molecular complexity index is 1660. The van der Waals surface area contributed by atoms with Gasteiger partial charge in [0.2, 0.25) is 23.6 Å². The normalized spacial score (nSPS) is 13.7. The van der Waals surface area contributed by atoms with Gasteiger partial charge in [0.05, 0.1) is 19.1 Å². The van der Waals surface area contributed by atoms with Gasteiger partial charge < -0.3 is 57.1 Å². The first-order valence-corrected chi connectivity index (χ1v) is 19.4. The average molecular weight is 865 g/mol. The van der Waals surface area contributed by atoms with Gasteiger partial charge in [0.1, 0.15) is 23.8 Å². The van der Waals surface area contributed by atoms with Crippen molar-refractivity contribution in [3.8, 4) is 0 Å². The van der Waals surface area contributed by atoms with Crippen LogP contribution < -0.4 is 32.3 Å². The summed E-state index contributed by atoms with van der Waals surface area (Å²) in [6.07, 6.45) is -1.57. The minimum absolute atomic E-state index is 0. The molecule has 0 aliphatic carbocycles. The van der Waals surface area contributed by atoms with E-state index in [1.165, 1.54) is 9.80 Å². The fourth-order valence-corrected chi connectivity index (χ4v) is 5.30. The van der Waals surface area contributed by atoms with Gasteiger partial charge in [-0.2, -0.15) is 0 Å². The van der Waals surface area contributed by atoms with E-state index in [-0.39, 0.29) is 30.8 Å². The Kier molecular flexibility index (Phi) is 25.0. The summed E-state index contributed by atoms with van der Waals surface area (Å²) in [5.41, 5.74) is 6.21. The third kappa shape index (κ3) is 20.1. The van der Waals surface area contributed by atoms with Crippen LogP contribution in [0.2, 0.25) is 0 Å². The summed E-state index contributed by atoms with van der Waals surface area (Å²) < 4.78 is 5.18. The molecule has 2 rings (SSSR count). The number of alkyl carbamates (subject to hydrolysis) is 1. The first-order chi connectivity index (χ1) is 27.6. The highest BCUT2D eigenvalue weighted by Gasteiger charge is 2.30. The highest BCUT2D eigenvalue weighted by molar-refractivity contribution is 5.92. The fraction of sp³-hybridized carbons (Fsp3) is 0.537. The average Bonchev–Trinajstić information content (AvgIpc) is 3.19. The van der Waals surface area contributed by atoms with E-state index in [1.807, 2.05) is 19.9 Å². The summed E-state index contributed by atoms with van der Waals surface area (Å²) in [5, 5.41) is 32.6. The summed E-state index contributed by atoms with van der Waals surface area (Å²) in [6, 6.07) is 14.2. The van der Waals surface area contributed by atoms with E-state index in [1.54, 1.807) is 104 Å². The van der Waals surface area contributed by atoms with Gasteiger partial charge in [0.15, 0.2) is 6.10 Å². The molecule has 19 heteroatoms. The molecule has 336 valence electrons. The van der Waals surface area contributed by atoms with Crippen LogP contribution in [-0.2, 0) is 33.5 Å². The lowest BCUT2D eigenvalue weighted by Gasteiger charge is -2.26. The number of nitrogens with two attached hydrogens (primary N) is 1. The maximum atomic E-state index is 12.5. The van der Waals surface area contributed by atoms with Crippen LogP contribution >= 0.6 is 12.4 Å². The molecule has 0 spiro atoms. The second-order valence-electron chi connectivity index (χ2n) is 15.1. The maximum absolute atomic E-state index is 12.5. The van der Waals surface area contributed by atoms with Crippen LogP contribution in [0.1, 0.15) is 83.5 Å². The van der Waals surface area contributed by atoms with Crippen LogP contribution in [0.5, 0.6) is 0 Å². The molecule has 9 N–H and O–H groups in total. The zero-order chi connectivity index (χ0) is 44.9. The van der Waals surface area contributed by atoms with Crippen molar-refractivity contribution in [2.24, 2.45) is 5.73 Å². The van der Waals surface area contributed by atoms with Crippen LogP contribution in [0.25, 0.3) is 0 Å². The lowest BCUT2D eigenvalue weighted by atomic mass is 10.1. The number of nitrogens with one attached hydrogen (secondary N) is 5. The van der Waals surface area contributed by atoms with Gasteiger partial charge >= 0.3 is 6.09 Å². The van der Waals surface area contributed by atoms with E-state index >= 15 is 0 Å². The third-order valence-electron chi connectivity index (χ3n) is 8.35. The summed E-state index contributed by atoms with van der Waals surface area (Å²) in [5.74, 6) is -3.30. The summed E-state index contributed by atoms with van der Waals surface area (Å²) in [7, 11) is 6.34. The molecule has 4 unspecified atom stereocenters. The molecule has 0 radical (unpaired) electrons. The van der Waals surface area contributed by atoms with Gasteiger partial charge in [-0.15, -0.1) is 12.4 Å². The number of aliphatic hydroxyl groups excluding tert-OH is 2. The van der Waals surface area contributed by atoms with Crippen molar-refractivity contribution in [2.45, 2.75) is 102 Å². The van der Waals surface area contributed by atoms with Crippen LogP contribution in [0.4, 0.5) is 4.79 Å². The third-order valence-corrected chi connectivity index (χ3v) is 8.35. The first kappa shape index (κ1) is 54.7. The molecule has 7 amide bonds. The summed E-state index contributed by atoms with van der Waals surface area (Å²) in [4.78, 5) is 88.5. The van der Waals surface area contributed by atoms with Crippen molar-refractivity contribution in [1.29, 1.82) is 0 Å². The lowest BCUT2D eigenvalue weighted by Crippen LogP contribution is -2.53. The number of nitrogens with zero attached hydrogens (tertiary/aromatic N) is 2. The molecule has 2 aromatic rings. The molecule has 0 bridgehead atoms. The predicted octanol–water partition coefficient (Wildman–Crippen LogP) is 1.06. The molecule has 60 heavy (non-hydrogen) atoms. The van der Waals surface area contributed by atoms with Gasteiger partial charge in [-0.05, 0) is 44.7 Å². The molecule has 0 aliphatic heterocycles. The molecule has 0 saturated carbocycles. The van der Waals surface area contributed by atoms with E-state index in [2.05, 4.69) is 26.6 Å². The molecule has 0 saturated heterocycles. The number of benzene rings is 2. The monoisotopic (exact) mass is 864 g/mol. The van der Waals surface area contributed by atoms with Crippen LogP contribution in [0.15, 0.2) is 60.7 Å². The largest absolute Gasteiger partial charge is 0.444 e. The van der Waals surface area contributed by atoms with Gasteiger partial charge in [0.25, 0.3) is 11.8 Å². The number of likely N-dealkylation sites (N-methyl/N-ethyl adjacent to an activating group) is 2. The first-order valence-electron chi connectivity index (χ1n) is 19.4. The second kappa shape index (κ2) is 27.5. The topological polar surface area (TPSA) is 262 Å². The SMILES string of the molecule is CCCC(N)C(O)C(=O)NCC(=O)N[C@H](C(=O)N(C)C)c1ccccc1.CCCC(NC(=O)OC(C)(C)C)C(O)C(=O)NCC(=O)N[C@H](C(=O)N(C)C)c1ccccc1.Cl. The number of hydrogen-bond donors (Lipinski definition) is 8. The molecule has 18 nitrogen and oxygen atoms in total. The summed E-state index contributed by atoms with van der Waals surface area (Å²) >= 11 is 0. The van der Waals surface area contributed by atoms with E-state index in [9.17, 15) is 43.8 Å². The minimum Gasteiger partial charge on any atom is -0.444 e. The van der Waals surface area contributed by atoms with Crippen LogP contribution in [-0.4, -0.2) is 133 Å². The molecule has 0 aliphatic rings. The van der Waals surface area contributed by atoms with Crippen molar-refractivity contribution >= 4 is 53.9 Å². The number of ether oxygens (including phenoxy) is 1. The smallest absolute Gasteiger partial charge is 0.407 e. The number of amides is 7. The second-order valence-corrected chi connectivity index (χ2v) is 15.1. The Labute approximate surface area is 359 Å². The number of rotatable bonds is 19. The number of halogens is 1. The van der Waals surface area contributed by atoms with E-state index in [4.69, 9.17) is 10.5 Å². The zero-order valence-corrected chi connectivity index (χ0v) is 36.8. The van der Waals surface area contributed by atoms with Crippen LogP contribution in [0, 0.1) is 0 Å². The van der Waals surface area contributed by atoms with E-state index < -0.39 is 78.2 Å². The number of carbonyl (C=O) groups is 7. The van der Waals surface area contributed by atoms with Crippen molar-refractivity contribution in [3.05, 3.63) is 71.8 Å². The number of aliphatic hydroxyl groups is 2. The fourth-order valence-electron chi connectivity index (χ4n) is 5.30. The van der Waals surface area contributed by atoms with Crippen molar-refractivity contribution in [1.82, 2.24) is 36.4 Å².